The number of Topliss-reactive ketones (excluding diaryl/α,β-unsaturated/α-hetero) is 1. The van der Waals surface area contributed by atoms with Crippen molar-refractivity contribution in [2.24, 2.45) is 0 Å². The molecule has 0 saturated heterocycles. The topological polar surface area (TPSA) is 98.5 Å². The van der Waals surface area contributed by atoms with Crippen LogP contribution in [0.3, 0.4) is 0 Å². The Balaban J connectivity index is 2.46. The molecule has 1 N–H and O–H groups in total. The SMILES string of the molecule is CC(=O)CCC(S)OC(=O)C1=C(C)NC(C)=C([N+](=O)[O-])C1c1ccccc1Cl. The first-order valence-corrected chi connectivity index (χ1v) is 9.48. The molecule has 0 bridgehead atoms. The highest BCUT2D eigenvalue weighted by Crippen LogP contribution is 2.41. The first-order valence-electron chi connectivity index (χ1n) is 8.59. The van der Waals surface area contributed by atoms with E-state index in [1.54, 1.807) is 38.1 Å². The largest absolute Gasteiger partial charge is 0.448 e. The highest BCUT2D eigenvalue weighted by atomic mass is 35.5. The van der Waals surface area contributed by atoms with Gasteiger partial charge in [0.05, 0.1) is 16.2 Å². The summed E-state index contributed by atoms with van der Waals surface area (Å²) in [4.78, 5) is 35.3. The van der Waals surface area contributed by atoms with Gasteiger partial charge in [-0.2, -0.15) is 0 Å². The number of allylic oxidation sites excluding steroid dienone is 3. The van der Waals surface area contributed by atoms with Crippen LogP contribution >= 0.6 is 24.2 Å². The summed E-state index contributed by atoms with van der Waals surface area (Å²) in [7, 11) is 0. The summed E-state index contributed by atoms with van der Waals surface area (Å²) in [5, 5.41) is 15.0. The third-order valence-corrected chi connectivity index (χ3v) is 5.05. The lowest BCUT2D eigenvalue weighted by atomic mass is 9.84. The molecule has 150 valence electrons. The van der Waals surface area contributed by atoms with E-state index in [9.17, 15) is 19.7 Å². The zero-order valence-corrected chi connectivity index (χ0v) is 17.3. The highest BCUT2D eigenvalue weighted by Gasteiger charge is 2.42. The van der Waals surface area contributed by atoms with Crippen LogP contribution in [0.1, 0.15) is 45.1 Å². The molecule has 2 rings (SSSR count). The molecule has 0 saturated carbocycles. The fraction of sp³-hybridized carbons (Fsp3) is 0.368. The van der Waals surface area contributed by atoms with Crippen LogP contribution in [0.5, 0.6) is 0 Å². The molecule has 0 spiro atoms. The highest BCUT2D eigenvalue weighted by molar-refractivity contribution is 7.80. The molecule has 2 atom stereocenters. The number of halogens is 1. The average molecular weight is 425 g/mol. The number of ketones is 1. The van der Waals surface area contributed by atoms with Gasteiger partial charge in [-0.05, 0) is 32.4 Å². The minimum absolute atomic E-state index is 0.0482. The van der Waals surface area contributed by atoms with E-state index in [0.717, 1.165) is 0 Å². The number of carbonyl (C=O) groups excluding carboxylic acids is 2. The lowest BCUT2D eigenvalue weighted by Gasteiger charge is -2.27. The molecule has 0 fully saturated rings. The third kappa shape index (κ3) is 4.94. The lowest BCUT2D eigenvalue weighted by Crippen LogP contribution is -2.32. The van der Waals surface area contributed by atoms with Crippen LogP contribution in [0.15, 0.2) is 46.9 Å². The number of dihydropyridines is 1. The number of benzene rings is 1. The number of nitrogens with zero attached hydrogens (tertiary/aromatic N) is 1. The molecule has 0 aliphatic carbocycles. The number of thiol groups is 1. The van der Waals surface area contributed by atoms with Gasteiger partial charge in [-0.25, -0.2) is 4.79 Å². The molecule has 1 aliphatic heterocycles. The van der Waals surface area contributed by atoms with E-state index in [4.69, 9.17) is 16.3 Å². The summed E-state index contributed by atoms with van der Waals surface area (Å²) >= 11 is 10.5. The van der Waals surface area contributed by atoms with Crippen molar-refractivity contribution >= 4 is 36.0 Å². The van der Waals surface area contributed by atoms with Crippen LogP contribution in [0.25, 0.3) is 0 Å². The maximum atomic E-state index is 12.9. The summed E-state index contributed by atoms with van der Waals surface area (Å²) < 4.78 is 5.35. The molecule has 9 heteroatoms. The molecular weight excluding hydrogens is 404 g/mol. The zero-order valence-electron chi connectivity index (χ0n) is 15.7. The summed E-state index contributed by atoms with van der Waals surface area (Å²) in [5.41, 5.74) is 0.294. The van der Waals surface area contributed by atoms with Gasteiger partial charge < -0.3 is 14.8 Å². The Kier molecular flexibility index (Phi) is 7.26. The molecule has 1 heterocycles. The van der Waals surface area contributed by atoms with Crippen LogP contribution < -0.4 is 5.32 Å². The maximum absolute atomic E-state index is 12.9. The van der Waals surface area contributed by atoms with Gasteiger partial charge in [0.2, 0.25) is 0 Å². The van der Waals surface area contributed by atoms with E-state index in [0.29, 0.717) is 22.0 Å². The molecule has 0 aromatic heterocycles. The monoisotopic (exact) mass is 424 g/mol. The van der Waals surface area contributed by atoms with Crippen LogP contribution in [0.4, 0.5) is 0 Å². The van der Waals surface area contributed by atoms with E-state index in [1.165, 1.54) is 6.92 Å². The molecule has 1 aliphatic rings. The summed E-state index contributed by atoms with van der Waals surface area (Å²) in [6, 6.07) is 6.65. The maximum Gasteiger partial charge on any atom is 0.338 e. The Morgan fingerprint density at radius 1 is 1.32 bits per heavy atom. The van der Waals surface area contributed by atoms with Crippen molar-refractivity contribution in [3.8, 4) is 0 Å². The summed E-state index contributed by atoms with van der Waals surface area (Å²) in [6.45, 7) is 4.65. The van der Waals surface area contributed by atoms with E-state index in [2.05, 4.69) is 17.9 Å². The third-order valence-electron chi connectivity index (χ3n) is 4.34. The van der Waals surface area contributed by atoms with Crippen LogP contribution in [-0.2, 0) is 14.3 Å². The first-order chi connectivity index (χ1) is 13.1. The molecule has 2 unspecified atom stereocenters. The Morgan fingerprint density at radius 3 is 2.54 bits per heavy atom. The fourth-order valence-electron chi connectivity index (χ4n) is 3.08. The van der Waals surface area contributed by atoms with E-state index in [-0.39, 0.29) is 29.9 Å². The molecule has 0 amide bonds. The van der Waals surface area contributed by atoms with Gasteiger partial charge in [0.1, 0.15) is 17.1 Å². The van der Waals surface area contributed by atoms with Crippen molar-refractivity contribution in [2.45, 2.75) is 45.0 Å². The van der Waals surface area contributed by atoms with Gasteiger partial charge >= 0.3 is 5.97 Å². The van der Waals surface area contributed by atoms with Gasteiger partial charge in [-0.15, -0.1) is 12.6 Å². The minimum atomic E-state index is -0.995. The van der Waals surface area contributed by atoms with E-state index in [1.807, 2.05) is 0 Å². The number of rotatable bonds is 7. The smallest absolute Gasteiger partial charge is 0.338 e. The summed E-state index contributed by atoms with van der Waals surface area (Å²) in [6.07, 6.45) is 0.461. The number of hydrogen-bond acceptors (Lipinski definition) is 7. The van der Waals surface area contributed by atoms with Crippen molar-refractivity contribution in [2.75, 3.05) is 0 Å². The number of nitro groups is 1. The number of nitrogens with one attached hydrogen (secondary N) is 1. The first kappa shape index (κ1) is 22.0. The Bertz CT molecular complexity index is 881. The van der Waals surface area contributed by atoms with Gasteiger partial charge in [-0.3, -0.25) is 10.1 Å². The Labute approximate surface area is 173 Å². The molecule has 1 aromatic rings. The Morgan fingerprint density at radius 2 is 1.96 bits per heavy atom. The van der Waals surface area contributed by atoms with Crippen molar-refractivity contribution in [1.29, 1.82) is 0 Å². The zero-order chi connectivity index (χ0) is 21.0. The molecule has 1 aromatic carbocycles. The number of carbonyl (C=O) groups is 2. The molecular formula is C19H21ClN2O5S. The second-order valence-corrected chi connectivity index (χ2v) is 7.47. The number of ether oxygens (including phenoxy) is 1. The number of hydrogen-bond donors (Lipinski definition) is 2. The van der Waals surface area contributed by atoms with Crippen LogP contribution in [0.2, 0.25) is 5.02 Å². The number of esters is 1. The predicted octanol–water partition coefficient (Wildman–Crippen LogP) is 3.98. The van der Waals surface area contributed by atoms with Gasteiger partial charge in [0.25, 0.3) is 5.70 Å². The summed E-state index contributed by atoms with van der Waals surface area (Å²) in [5.74, 6) is -1.79. The van der Waals surface area contributed by atoms with Crippen molar-refractivity contribution < 1.29 is 19.2 Å². The van der Waals surface area contributed by atoms with E-state index >= 15 is 0 Å². The predicted molar refractivity (Wildman–Crippen MR) is 109 cm³/mol. The standard InChI is InChI=1S/C19H21ClN2O5S/c1-10(23)8-9-15(28)27-19(24)16-11(2)21-12(3)18(22(25)26)17(16)13-6-4-5-7-14(13)20/h4-7,15,17,21,28H,8-9H2,1-3H3. The van der Waals surface area contributed by atoms with E-state index < -0.39 is 22.2 Å². The van der Waals surface area contributed by atoms with Crippen molar-refractivity contribution in [3.63, 3.8) is 0 Å². The van der Waals surface area contributed by atoms with Gasteiger partial charge in [-0.1, -0.05) is 29.8 Å². The minimum Gasteiger partial charge on any atom is -0.448 e. The second-order valence-electron chi connectivity index (χ2n) is 6.49. The van der Waals surface area contributed by atoms with Crippen LogP contribution in [-0.4, -0.2) is 22.1 Å². The molecule has 28 heavy (non-hydrogen) atoms. The molecule has 0 radical (unpaired) electrons. The normalized spacial score (nSPS) is 17.8. The second kappa shape index (κ2) is 9.25. The Hall–Kier alpha value is -2.32. The van der Waals surface area contributed by atoms with Crippen LogP contribution in [0, 0.1) is 10.1 Å². The van der Waals surface area contributed by atoms with Gasteiger partial charge in [0.15, 0.2) is 0 Å². The van der Waals surface area contributed by atoms with Crippen molar-refractivity contribution in [1.82, 2.24) is 5.32 Å². The van der Waals surface area contributed by atoms with Gasteiger partial charge in [0, 0.05) is 23.6 Å². The average Bonchev–Trinajstić information content (AvgIpc) is 2.59. The lowest BCUT2D eigenvalue weighted by molar-refractivity contribution is -0.431. The van der Waals surface area contributed by atoms with Crippen molar-refractivity contribution in [3.05, 3.63) is 67.6 Å². The fourth-order valence-corrected chi connectivity index (χ4v) is 3.55. The quantitative estimate of drug-likeness (QED) is 0.226. The molecule has 7 nitrogen and oxygen atoms in total.